The van der Waals surface area contributed by atoms with Crippen LogP contribution in [-0.4, -0.2) is 19.6 Å². The molecule has 1 aliphatic heterocycles. The third-order valence-corrected chi connectivity index (χ3v) is 5.28. The Hall–Kier alpha value is -0.795. The Bertz CT molecular complexity index is 449. The van der Waals surface area contributed by atoms with Crippen LogP contribution in [0.2, 0.25) is 6.32 Å². The van der Waals surface area contributed by atoms with Crippen LogP contribution in [0.1, 0.15) is 59.1 Å². The molecule has 116 valence electrons. The lowest BCUT2D eigenvalue weighted by Crippen LogP contribution is -2.36. The Kier molecular flexibility index (Phi) is 4.84. The number of ether oxygens (including phenoxy) is 1. The second-order valence-corrected chi connectivity index (χ2v) is 7.38. The fourth-order valence-electron chi connectivity index (χ4n) is 3.06. The topological polar surface area (TPSA) is 18.5 Å². The lowest BCUT2D eigenvalue weighted by Gasteiger charge is -2.34. The van der Waals surface area contributed by atoms with Gasteiger partial charge in [0.1, 0.15) is 0 Å². The normalized spacial score (nSPS) is 21.5. The van der Waals surface area contributed by atoms with Gasteiger partial charge in [0, 0.05) is 7.11 Å². The molecule has 1 aliphatic rings. The SMILES string of the molecule is CCCC(OC)c1ccc(B2CC(C)(C)C(C)(C)O2)cc1. The van der Waals surface area contributed by atoms with E-state index in [1.165, 1.54) is 11.0 Å². The van der Waals surface area contributed by atoms with Crippen LogP contribution in [0.4, 0.5) is 0 Å². The highest BCUT2D eigenvalue weighted by atomic mass is 16.5. The summed E-state index contributed by atoms with van der Waals surface area (Å²) in [5.74, 6) is 0. The first-order valence-electron chi connectivity index (χ1n) is 8.11. The minimum absolute atomic E-state index is 0.0758. The summed E-state index contributed by atoms with van der Waals surface area (Å²) < 4.78 is 11.9. The molecule has 0 amide bonds. The molecule has 21 heavy (non-hydrogen) atoms. The molecular formula is C18H29BO2. The van der Waals surface area contributed by atoms with Crippen molar-refractivity contribution in [3.05, 3.63) is 29.8 Å². The summed E-state index contributed by atoms with van der Waals surface area (Å²) >= 11 is 0. The van der Waals surface area contributed by atoms with E-state index >= 15 is 0 Å². The van der Waals surface area contributed by atoms with Crippen molar-refractivity contribution in [2.75, 3.05) is 7.11 Å². The number of hydrogen-bond acceptors (Lipinski definition) is 2. The summed E-state index contributed by atoms with van der Waals surface area (Å²) in [4.78, 5) is 0. The third-order valence-electron chi connectivity index (χ3n) is 5.28. The molecule has 1 aromatic carbocycles. The minimum atomic E-state index is -0.0758. The van der Waals surface area contributed by atoms with Crippen LogP contribution in [0.25, 0.3) is 0 Å². The predicted molar refractivity (Wildman–Crippen MR) is 90.2 cm³/mol. The molecular weight excluding hydrogens is 259 g/mol. The Morgan fingerprint density at radius 3 is 2.24 bits per heavy atom. The lowest BCUT2D eigenvalue weighted by molar-refractivity contribution is 0.0375. The van der Waals surface area contributed by atoms with Gasteiger partial charge in [-0.15, -0.1) is 0 Å². The Morgan fingerprint density at radius 2 is 1.81 bits per heavy atom. The minimum Gasteiger partial charge on any atom is -0.426 e. The van der Waals surface area contributed by atoms with Gasteiger partial charge >= 0.3 is 6.92 Å². The van der Waals surface area contributed by atoms with E-state index in [1.807, 2.05) is 0 Å². The number of benzene rings is 1. The highest BCUT2D eigenvalue weighted by molar-refractivity contribution is 6.68. The number of rotatable bonds is 5. The Balaban J connectivity index is 2.13. The van der Waals surface area contributed by atoms with Crippen molar-refractivity contribution < 1.29 is 9.39 Å². The summed E-state index contributed by atoms with van der Waals surface area (Å²) in [5.41, 5.74) is 2.67. The molecule has 2 nitrogen and oxygen atoms in total. The highest BCUT2D eigenvalue weighted by Crippen LogP contribution is 2.45. The van der Waals surface area contributed by atoms with Gasteiger partial charge in [-0.1, -0.05) is 51.5 Å². The van der Waals surface area contributed by atoms with E-state index in [0.29, 0.717) is 0 Å². The zero-order valence-electron chi connectivity index (χ0n) is 14.4. The molecule has 0 aliphatic carbocycles. The first kappa shape index (κ1) is 16.6. The Morgan fingerprint density at radius 1 is 1.19 bits per heavy atom. The summed E-state index contributed by atoms with van der Waals surface area (Å²) in [6.07, 6.45) is 3.48. The Labute approximate surface area is 130 Å². The van der Waals surface area contributed by atoms with E-state index in [1.54, 1.807) is 7.11 Å². The van der Waals surface area contributed by atoms with Gasteiger partial charge in [0.05, 0.1) is 11.7 Å². The zero-order valence-corrected chi connectivity index (χ0v) is 14.4. The van der Waals surface area contributed by atoms with Gasteiger partial charge in [-0.2, -0.15) is 0 Å². The van der Waals surface area contributed by atoms with Crippen molar-refractivity contribution in [3.63, 3.8) is 0 Å². The summed E-state index contributed by atoms with van der Waals surface area (Å²) in [6.45, 7) is 11.4. The maximum Gasteiger partial charge on any atom is 0.327 e. The van der Waals surface area contributed by atoms with Gasteiger partial charge in [0.2, 0.25) is 0 Å². The van der Waals surface area contributed by atoms with Crippen LogP contribution < -0.4 is 5.46 Å². The second-order valence-electron chi connectivity index (χ2n) is 7.38. The molecule has 0 aromatic heterocycles. The van der Waals surface area contributed by atoms with Crippen LogP contribution >= 0.6 is 0 Å². The van der Waals surface area contributed by atoms with Gasteiger partial charge in [0.15, 0.2) is 0 Å². The van der Waals surface area contributed by atoms with Crippen molar-refractivity contribution >= 4 is 12.4 Å². The molecule has 0 radical (unpaired) electrons. The first-order valence-corrected chi connectivity index (χ1v) is 8.11. The standard InChI is InChI=1S/C18H29BO2/c1-7-8-16(20-6)14-9-11-15(12-10-14)19-13-17(2,3)18(4,5)21-19/h9-12,16H,7-8,13H2,1-6H3. The average Bonchev–Trinajstić information content (AvgIpc) is 2.65. The molecule has 0 bridgehead atoms. The van der Waals surface area contributed by atoms with Gasteiger partial charge in [-0.05, 0) is 43.0 Å². The first-order chi connectivity index (χ1) is 9.80. The smallest absolute Gasteiger partial charge is 0.327 e. The van der Waals surface area contributed by atoms with Crippen molar-refractivity contribution in [3.8, 4) is 0 Å². The van der Waals surface area contributed by atoms with E-state index in [0.717, 1.165) is 19.2 Å². The molecule has 1 heterocycles. The molecule has 1 unspecified atom stereocenters. The second kappa shape index (κ2) is 6.14. The van der Waals surface area contributed by atoms with Crippen LogP contribution in [0.3, 0.4) is 0 Å². The monoisotopic (exact) mass is 288 g/mol. The molecule has 1 aromatic rings. The van der Waals surface area contributed by atoms with Crippen LogP contribution in [0, 0.1) is 5.41 Å². The van der Waals surface area contributed by atoms with Crippen LogP contribution in [0.5, 0.6) is 0 Å². The maximum atomic E-state index is 6.29. The van der Waals surface area contributed by atoms with E-state index in [4.69, 9.17) is 9.39 Å². The van der Waals surface area contributed by atoms with Crippen LogP contribution in [0.15, 0.2) is 24.3 Å². The van der Waals surface area contributed by atoms with Crippen molar-refractivity contribution in [2.24, 2.45) is 5.41 Å². The van der Waals surface area contributed by atoms with Gasteiger partial charge in [-0.3, -0.25) is 0 Å². The summed E-state index contributed by atoms with van der Waals surface area (Å²) in [5, 5.41) is 0. The summed E-state index contributed by atoms with van der Waals surface area (Å²) in [6, 6.07) is 8.81. The van der Waals surface area contributed by atoms with Gasteiger partial charge in [-0.25, -0.2) is 0 Å². The molecule has 1 atom stereocenters. The molecule has 0 spiro atoms. The highest BCUT2D eigenvalue weighted by Gasteiger charge is 2.49. The average molecular weight is 288 g/mol. The number of methoxy groups -OCH3 is 1. The lowest BCUT2D eigenvalue weighted by atomic mass is 9.54. The zero-order chi connectivity index (χ0) is 15.7. The quantitative estimate of drug-likeness (QED) is 0.756. The third kappa shape index (κ3) is 3.35. The van der Waals surface area contributed by atoms with Crippen LogP contribution in [-0.2, 0) is 9.39 Å². The van der Waals surface area contributed by atoms with Crippen molar-refractivity contribution in [1.82, 2.24) is 0 Å². The van der Waals surface area contributed by atoms with E-state index in [9.17, 15) is 0 Å². The molecule has 1 fully saturated rings. The molecule has 0 saturated carbocycles. The molecule has 2 rings (SSSR count). The van der Waals surface area contributed by atoms with E-state index in [2.05, 4.69) is 58.9 Å². The van der Waals surface area contributed by atoms with Gasteiger partial charge in [0.25, 0.3) is 0 Å². The molecule has 1 saturated heterocycles. The predicted octanol–water partition coefficient (Wildman–Crippen LogP) is 4.21. The largest absolute Gasteiger partial charge is 0.426 e. The van der Waals surface area contributed by atoms with Gasteiger partial charge < -0.3 is 9.39 Å². The maximum absolute atomic E-state index is 6.29. The van der Waals surface area contributed by atoms with E-state index in [-0.39, 0.29) is 24.0 Å². The summed E-state index contributed by atoms with van der Waals surface area (Å²) in [7, 11) is 1.79. The van der Waals surface area contributed by atoms with Crippen molar-refractivity contribution in [2.45, 2.75) is 65.5 Å². The van der Waals surface area contributed by atoms with Crippen molar-refractivity contribution in [1.29, 1.82) is 0 Å². The van der Waals surface area contributed by atoms with E-state index < -0.39 is 0 Å². The number of hydrogen-bond donors (Lipinski definition) is 0. The fourth-order valence-corrected chi connectivity index (χ4v) is 3.06. The molecule has 3 heteroatoms. The molecule has 0 N–H and O–H groups in total. The fraction of sp³-hybridized carbons (Fsp3) is 0.667.